The lowest BCUT2D eigenvalue weighted by Gasteiger charge is -2.30. The monoisotopic (exact) mass is 273 g/mol. The molecule has 19 heavy (non-hydrogen) atoms. The zero-order valence-electron chi connectivity index (χ0n) is 11.1. The zero-order valence-corrected chi connectivity index (χ0v) is 11.1. The second kappa shape index (κ2) is 4.68. The lowest BCUT2D eigenvalue weighted by atomic mass is 10.1. The van der Waals surface area contributed by atoms with Gasteiger partial charge in [0.2, 0.25) is 0 Å². The Morgan fingerprint density at radius 1 is 1.26 bits per heavy atom. The number of fused-ring (bicyclic) bond motifs is 1. The second-order valence-corrected chi connectivity index (χ2v) is 5.45. The minimum Gasteiger partial charge on any atom is -0.387 e. The number of amides is 1. The fourth-order valence-corrected chi connectivity index (χ4v) is 2.66. The predicted octanol–water partition coefficient (Wildman–Crippen LogP) is -0.917. The molecular formula is C12H19NO6. The van der Waals surface area contributed by atoms with E-state index >= 15 is 0 Å². The van der Waals surface area contributed by atoms with Gasteiger partial charge in [0.15, 0.2) is 18.2 Å². The number of rotatable bonds is 1. The lowest BCUT2D eigenvalue weighted by molar-refractivity contribution is -0.217. The first kappa shape index (κ1) is 13.3. The maximum Gasteiger partial charge on any atom is 0.254 e. The second-order valence-electron chi connectivity index (χ2n) is 5.45. The number of carbonyl (C=O) groups is 1. The lowest BCUT2D eigenvalue weighted by Crippen LogP contribution is -2.50. The number of nitrogens with zero attached hydrogens (tertiary/aromatic N) is 1. The molecule has 0 spiro atoms. The molecule has 7 nitrogen and oxygen atoms in total. The molecule has 3 aliphatic heterocycles. The highest BCUT2D eigenvalue weighted by molar-refractivity contribution is 5.82. The molecule has 1 N–H and O–H groups in total. The third-order valence-electron chi connectivity index (χ3n) is 3.58. The van der Waals surface area contributed by atoms with Crippen LogP contribution in [0.5, 0.6) is 0 Å². The molecule has 0 aliphatic carbocycles. The summed E-state index contributed by atoms with van der Waals surface area (Å²) in [4.78, 5) is 13.9. The van der Waals surface area contributed by atoms with Crippen LogP contribution in [-0.4, -0.2) is 72.6 Å². The Bertz CT molecular complexity index is 367. The van der Waals surface area contributed by atoms with Crippen molar-refractivity contribution in [1.29, 1.82) is 0 Å². The molecular weight excluding hydrogens is 254 g/mol. The van der Waals surface area contributed by atoms with Crippen LogP contribution in [-0.2, 0) is 23.7 Å². The van der Waals surface area contributed by atoms with Gasteiger partial charge in [-0.2, -0.15) is 0 Å². The van der Waals surface area contributed by atoms with Crippen LogP contribution >= 0.6 is 0 Å². The largest absolute Gasteiger partial charge is 0.387 e. The van der Waals surface area contributed by atoms with Crippen molar-refractivity contribution in [3.63, 3.8) is 0 Å². The Morgan fingerprint density at radius 3 is 2.58 bits per heavy atom. The van der Waals surface area contributed by atoms with Crippen LogP contribution in [0.15, 0.2) is 0 Å². The van der Waals surface area contributed by atoms with Crippen LogP contribution in [0.25, 0.3) is 0 Å². The molecule has 0 bridgehead atoms. The Hall–Kier alpha value is -0.730. The van der Waals surface area contributed by atoms with E-state index in [0.29, 0.717) is 26.3 Å². The van der Waals surface area contributed by atoms with Gasteiger partial charge in [0.25, 0.3) is 5.91 Å². The van der Waals surface area contributed by atoms with Crippen molar-refractivity contribution in [3.8, 4) is 0 Å². The van der Waals surface area contributed by atoms with Crippen LogP contribution in [0.1, 0.15) is 13.8 Å². The van der Waals surface area contributed by atoms with Crippen LogP contribution in [0, 0.1) is 0 Å². The van der Waals surface area contributed by atoms with Crippen molar-refractivity contribution in [2.45, 2.75) is 44.2 Å². The van der Waals surface area contributed by atoms with Gasteiger partial charge in [-0.15, -0.1) is 0 Å². The van der Waals surface area contributed by atoms with Gasteiger partial charge in [-0.25, -0.2) is 0 Å². The van der Waals surface area contributed by atoms with Gasteiger partial charge >= 0.3 is 0 Å². The van der Waals surface area contributed by atoms with Crippen molar-refractivity contribution in [2.75, 3.05) is 26.3 Å². The van der Waals surface area contributed by atoms with Crippen molar-refractivity contribution in [1.82, 2.24) is 4.90 Å². The molecule has 0 aromatic carbocycles. The minimum atomic E-state index is -0.998. The first-order chi connectivity index (χ1) is 8.98. The van der Waals surface area contributed by atoms with Crippen molar-refractivity contribution in [3.05, 3.63) is 0 Å². The normalized spacial score (nSPS) is 41.3. The summed E-state index contributed by atoms with van der Waals surface area (Å²) in [6.07, 6.45) is -3.20. The highest BCUT2D eigenvalue weighted by Crippen LogP contribution is 2.37. The van der Waals surface area contributed by atoms with Gasteiger partial charge in [0, 0.05) is 13.1 Å². The SMILES string of the molecule is CC1(C)O[C@H]2O[C@@H](C(=O)N3CCOCC3)[C@@H](O)[C@@H]2O1. The van der Waals surface area contributed by atoms with E-state index in [9.17, 15) is 9.90 Å². The van der Waals surface area contributed by atoms with E-state index < -0.39 is 30.4 Å². The molecule has 3 rings (SSSR count). The molecule has 108 valence electrons. The Balaban J connectivity index is 1.66. The summed E-state index contributed by atoms with van der Waals surface area (Å²) >= 11 is 0. The van der Waals surface area contributed by atoms with Gasteiger partial charge in [-0.1, -0.05) is 0 Å². The van der Waals surface area contributed by atoms with E-state index in [1.54, 1.807) is 18.7 Å². The first-order valence-corrected chi connectivity index (χ1v) is 6.54. The highest BCUT2D eigenvalue weighted by atomic mass is 16.8. The van der Waals surface area contributed by atoms with Gasteiger partial charge in [-0.05, 0) is 13.8 Å². The van der Waals surface area contributed by atoms with Gasteiger partial charge in [0.1, 0.15) is 12.2 Å². The number of ether oxygens (including phenoxy) is 4. The molecule has 3 fully saturated rings. The fraction of sp³-hybridized carbons (Fsp3) is 0.917. The third-order valence-corrected chi connectivity index (χ3v) is 3.58. The molecule has 7 heteroatoms. The maximum absolute atomic E-state index is 12.3. The first-order valence-electron chi connectivity index (χ1n) is 6.54. The average molecular weight is 273 g/mol. The Morgan fingerprint density at radius 2 is 1.95 bits per heavy atom. The van der Waals surface area contributed by atoms with E-state index in [4.69, 9.17) is 18.9 Å². The predicted molar refractivity (Wildman–Crippen MR) is 62.1 cm³/mol. The van der Waals surface area contributed by atoms with Gasteiger partial charge in [-0.3, -0.25) is 4.79 Å². The summed E-state index contributed by atoms with van der Waals surface area (Å²) < 4.78 is 21.8. The Kier molecular flexibility index (Phi) is 3.26. The molecule has 0 radical (unpaired) electrons. The van der Waals surface area contributed by atoms with Crippen LogP contribution < -0.4 is 0 Å². The number of morpholine rings is 1. The molecule has 0 aromatic heterocycles. The average Bonchev–Trinajstić information content (AvgIpc) is 2.84. The molecule has 3 heterocycles. The van der Waals surface area contributed by atoms with Crippen LogP contribution in [0.4, 0.5) is 0 Å². The molecule has 3 saturated heterocycles. The standard InChI is InChI=1S/C12H19NO6/c1-12(2)18-9-7(14)8(17-11(9)19-12)10(15)13-3-5-16-6-4-13/h7-9,11,14H,3-6H2,1-2H3/t7-,8-,9+,11-/m1/s1. The van der Waals surface area contributed by atoms with E-state index in [1.165, 1.54) is 0 Å². The summed E-state index contributed by atoms with van der Waals surface area (Å²) in [6.45, 7) is 5.57. The summed E-state index contributed by atoms with van der Waals surface area (Å²) in [6, 6.07) is 0. The van der Waals surface area contributed by atoms with E-state index in [2.05, 4.69) is 0 Å². The number of aliphatic hydroxyl groups is 1. The van der Waals surface area contributed by atoms with Gasteiger partial charge < -0.3 is 29.0 Å². The van der Waals surface area contributed by atoms with Gasteiger partial charge in [0.05, 0.1) is 13.2 Å². The quantitative estimate of drug-likeness (QED) is 0.666. The zero-order chi connectivity index (χ0) is 13.6. The molecule has 4 atom stereocenters. The minimum absolute atomic E-state index is 0.227. The smallest absolute Gasteiger partial charge is 0.254 e. The van der Waals surface area contributed by atoms with E-state index in [-0.39, 0.29) is 5.91 Å². The topological polar surface area (TPSA) is 77.5 Å². The van der Waals surface area contributed by atoms with Crippen LogP contribution in [0.2, 0.25) is 0 Å². The third kappa shape index (κ3) is 2.36. The van der Waals surface area contributed by atoms with Crippen molar-refractivity contribution >= 4 is 5.91 Å². The molecule has 0 saturated carbocycles. The fourth-order valence-electron chi connectivity index (χ4n) is 2.66. The van der Waals surface area contributed by atoms with Crippen molar-refractivity contribution < 1.29 is 28.8 Å². The summed E-state index contributed by atoms with van der Waals surface area (Å²) in [7, 11) is 0. The molecule has 0 aromatic rings. The molecule has 0 unspecified atom stereocenters. The van der Waals surface area contributed by atoms with E-state index in [0.717, 1.165) is 0 Å². The van der Waals surface area contributed by atoms with E-state index in [1.807, 2.05) is 0 Å². The maximum atomic E-state index is 12.3. The Labute approximate surface area is 111 Å². The molecule has 1 amide bonds. The van der Waals surface area contributed by atoms with Crippen molar-refractivity contribution in [2.24, 2.45) is 0 Å². The van der Waals surface area contributed by atoms with Crippen LogP contribution in [0.3, 0.4) is 0 Å². The number of hydrogen-bond acceptors (Lipinski definition) is 6. The molecule has 3 aliphatic rings. The number of aliphatic hydroxyl groups excluding tert-OH is 1. The summed E-state index contributed by atoms with van der Waals surface area (Å²) in [5.41, 5.74) is 0. The highest BCUT2D eigenvalue weighted by Gasteiger charge is 2.56. The summed E-state index contributed by atoms with van der Waals surface area (Å²) in [5, 5.41) is 10.2. The number of carbonyl (C=O) groups excluding carboxylic acids is 1. The summed E-state index contributed by atoms with van der Waals surface area (Å²) in [5.74, 6) is -1.02. The number of hydrogen-bond donors (Lipinski definition) is 1.